The number of carbonyl (C=O) groups excluding carboxylic acids is 1. The van der Waals surface area contributed by atoms with E-state index in [1.54, 1.807) is 6.29 Å². The second-order valence-corrected chi connectivity index (χ2v) is 1.93. The first-order valence-electron chi connectivity index (χ1n) is 2.31. The number of nitrogens with zero attached hydrogens (tertiary/aromatic N) is 1. The molecular formula is C6H3ClNO. The van der Waals surface area contributed by atoms with E-state index in [-0.39, 0.29) is 0 Å². The SMILES string of the molecule is O=[C]c1cncc(Cl)c1. The molecule has 2 nitrogen and oxygen atoms in total. The second kappa shape index (κ2) is 2.60. The van der Waals surface area contributed by atoms with Crippen molar-refractivity contribution in [2.75, 3.05) is 0 Å². The maximum Gasteiger partial charge on any atom is 0.235 e. The molecule has 0 aliphatic heterocycles. The minimum absolute atomic E-state index is 0.377. The van der Waals surface area contributed by atoms with E-state index in [2.05, 4.69) is 4.98 Å². The summed E-state index contributed by atoms with van der Waals surface area (Å²) in [7, 11) is 0. The molecule has 0 spiro atoms. The number of pyridine rings is 1. The average Bonchev–Trinajstić information content (AvgIpc) is 1.88. The number of halogens is 1. The van der Waals surface area contributed by atoms with Gasteiger partial charge in [-0.15, -0.1) is 0 Å². The normalized spacial score (nSPS) is 9.00. The summed E-state index contributed by atoms with van der Waals surface area (Å²) in [4.78, 5) is 13.6. The molecule has 0 saturated carbocycles. The summed E-state index contributed by atoms with van der Waals surface area (Å²) in [6.45, 7) is 0. The Labute approximate surface area is 57.5 Å². The lowest BCUT2D eigenvalue weighted by atomic mass is 10.3. The molecule has 9 heavy (non-hydrogen) atoms. The molecular weight excluding hydrogens is 138 g/mol. The van der Waals surface area contributed by atoms with Crippen molar-refractivity contribution in [3.05, 3.63) is 29.0 Å². The molecule has 1 radical (unpaired) electrons. The van der Waals surface area contributed by atoms with Gasteiger partial charge in [0.05, 0.1) is 5.02 Å². The number of aromatic nitrogens is 1. The fourth-order valence-electron chi connectivity index (χ4n) is 0.468. The van der Waals surface area contributed by atoms with Crippen molar-refractivity contribution in [2.24, 2.45) is 0 Å². The fourth-order valence-corrected chi connectivity index (χ4v) is 0.642. The van der Waals surface area contributed by atoms with Crippen molar-refractivity contribution < 1.29 is 4.79 Å². The molecule has 45 valence electrons. The third-order valence-electron chi connectivity index (χ3n) is 0.823. The van der Waals surface area contributed by atoms with Gasteiger partial charge in [-0.2, -0.15) is 0 Å². The largest absolute Gasteiger partial charge is 0.285 e. The highest BCUT2D eigenvalue weighted by Crippen LogP contribution is 2.05. The predicted octanol–water partition coefficient (Wildman–Crippen LogP) is 1.19. The van der Waals surface area contributed by atoms with Crippen LogP contribution in [0, 0.1) is 0 Å². The summed E-state index contributed by atoms with van der Waals surface area (Å²) in [5, 5.41) is 0.454. The van der Waals surface area contributed by atoms with Gasteiger partial charge in [0.2, 0.25) is 6.29 Å². The van der Waals surface area contributed by atoms with Crippen molar-refractivity contribution in [1.82, 2.24) is 4.98 Å². The van der Waals surface area contributed by atoms with Crippen LogP contribution in [0.1, 0.15) is 5.56 Å². The smallest absolute Gasteiger partial charge is 0.235 e. The van der Waals surface area contributed by atoms with Crippen LogP contribution >= 0.6 is 11.6 Å². The zero-order valence-corrected chi connectivity index (χ0v) is 5.22. The molecule has 0 unspecified atom stereocenters. The Bertz CT molecular complexity index is 224. The summed E-state index contributed by atoms with van der Waals surface area (Å²) in [5.74, 6) is 0. The first kappa shape index (κ1) is 6.23. The predicted molar refractivity (Wildman–Crippen MR) is 34.0 cm³/mol. The van der Waals surface area contributed by atoms with Crippen LogP contribution in [0.2, 0.25) is 5.02 Å². The van der Waals surface area contributed by atoms with Crippen LogP contribution in [-0.2, 0) is 4.79 Å². The van der Waals surface area contributed by atoms with Gasteiger partial charge in [0.15, 0.2) is 0 Å². The summed E-state index contributed by atoms with van der Waals surface area (Å²) in [6.07, 6.45) is 4.53. The van der Waals surface area contributed by atoms with Crippen molar-refractivity contribution in [1.29, 1.82) is 0 Å². The average molecular weight is 141 g/mol. The Morgan fingerprint density at radius 2 is 2.33 bits per heavy atom. The number of hydrogen-bond acceptors (Lipinski definition) is 2. The standard InChI is InChI=1S/C6H3ClNO/c7-6-1-5(4-9)2-8-3-6/h1-3H. The van der Waals surface area contributed by atoms with Crippen molar-refractivity contribution in [3.63, 3.8) is 0 Å². The van der Waals surface area contributed by atoms with E-state index in [1.807, 2.05) is 0 Å². The Balaban J connectivity index is 3.07. The highest BCUT2D eigenvalue weighted by molar-refractivity contribution is 6.30. The zero-order valence-electron chi connectivity index (χ0n) is 4.47. The first-order chi connectivity index (χ1) is 4.33. The van der Waals surface area contributed by atoms with Crippen LogP contribution in [0.15, 0.2) is 18.5 Å². The van der Waals surface area contributed by atoms with E-state index in [9.17, 15) is 4.79 Å². The molecule has 0 atom stereocenters. The molecule has 0 amide bonds. The zero-order chi connectivity index (χ0) is 6.69. The van der Waals surface area contributed by atoms with Crippen LogP contribution in [0.4, 0.5) is 0 Å². The molecule has 3 heteroatoms. The lowest BCUT2D eigenvalue weighted by Gasteiger charge is -1.86. The van der Waals surface area contributed by atoms with Gasteiger partial charge < -0.3 is 0 Å². The van der Waals surface area contributed by atoms with Crippen molar-refractivity contribution >= 4 is 17.9 Å². The quantitative estimate of drug-likeness (QED) is 0.587. The van der Waals surface area contributed by atoms with E-state index in [0.717, 1.165) is 0 Å². The lowest BCUT2D eigenvalue weighted by molar-refractivity contribution is 0.562. The maximum absolute atomic E-state index is 9.94. The highest BCUT2D eigenvalue weighted by atomic mass is 35.5. The Morgan fingerprint density at radius 3 is 2.78 bits per heavy atom. The van der Waals surface area contributed by atoms with Crippen molar-refractivity contribution in [3.8, 4) is 0 Å². The lowest BCUT2D eigenvalue weighted by Crippen LogP contribution is -1.80. The molecule has 1 heterocycles. The molecule has 1 aromatic heterocycles. The van der Waals surface area contributed by atoms with Crippen LogP contribution in [0.3, 0.4) is 0 Å². The minimum Gasteiger partial charge on any atom is -0.285 e. The Hall–Kier alpha value is -0.890. The van der Waals surface area contributed by atoms with Crippen LogP contribution in [-0.4, -0.2) is 11.3 Å². The second-order valence-electron chi connectivity index (χ2n) is 1.49. The summed E-state index contributed by atoms with van der Waals surface area (Å²) >= 11 is 5.48. The fraction of sp³-hybridized carbons (Fsp3) is 0. The van der Waals surface area contributed by atoms with Gasteiger partial charge in [-0.1, -0.05) is 11.6 Å². The maximum atomic E-state index is 9.94. The van der Waals surface area contributed by atoms with Crippen LogP contribution in [0.5, 0.6) is 0 Å². The minimum atomic E-state index is 0.377. The molecule has 0 saturated heterocycles. The topological polar surface area (TPSA) is 30.0 Å². The Kier molecular flexibility index (Phi) is 1.80. The van der Waals surface area contributed by atoms with E-state index in [4.69, 9.17) is 11.6 Å². The highest BCUT2D eigenvalue weighted by Gasteiger charge is 1.90. The third-order valence-corrected chi connectivity index (χ3v) is 1.03. The molecule has 0 N–H and O–H groups in total. The van der Waals surface area contributed by atoms with Crippen LogP contribution < -0.4 is 0 Å². The van der Waals surface area contributed by atoms with Gasteiger partial charge in [-0.25, -0.2) is 0 Å². The third kappa shape index (κ3) is 1.50. The van der Waals surface area contributed by atoms with E-state index < -0.39 is 0 Å². The molecule has 0 bridgehead atoms. The van der Waals surface area contributed by atoms with Gasteiger partial charge in [-0.05, 0) is 6.07 Å². The number of rotatable bonds is 1. The van der Waals surface area contributed by atoms with Gasteiger partial charge in [-0.3, -0.25) is 9.78 Å². The Morgan fingerprint density at radius 1 is 1.56 bits per heavy atom. The van der Waals surface area contributed by atoms with Gasteiger partial charge in [0, 0.05) is 18.0 Å². The summed E-state index contributed by atoms with van der Waals surface area (Å²) < 4.78 is 0. The van der Waals surface area contributed by atoms with E-state index >= 15 is 0 Å². The molecule has 0 fully saturated rings. The van der Waals surface area contributed by atoms with Gasteiger partial charge in [0.1, 0.15) is 0 Å². The summed E-state index contributed by atoms with van der Waals surface area (Å²) in [5.41, 5.74) is 0.377. The van der Waals surface area contributed by atoms with Gasteiger partial charge >= 0.3 is 0 Å². The monoisotopic (exact) mass is 140 g/mol. The van der Waals surface area contributed by atoms with Gasteiger partial charge in [0.25, 0.3) is 0 Å². The molecule has 0 aromatic carbocycles. The van der Waals surface area contributed by atoms with E-state index in [1.165, 1.54) is 18.5 Å². The molecule has 1 rings (SSSR count). The molecule has 0 aliphatic carbocycles. The number of hydrogen-bond donors (Lipinski definition) is 0. The summed E-state index contributed by atoms with van der Waals surface area (Å²) in [6, 6.07) is 1.50. The van der Waals surface area contributed by atoms with E-state index in [0.29, 0.717) is 10.6 Å². The first-order valence-corrected chi connectivity index (χ1v) is 2.69. The molecule has 1 aromatic rings. The van der Waals surface area contributed by atoms with Crippen molar-refractivity contribution in [2.45, 2.75) is 0 Å². The van der Waals surface area contributed by atoms with Crippen LogP contribution in [0.25, 0.3) is 0 Å². The molecule has 0 aliphatic rings.